The Morgan fingerprint density at radius 2 is 0.611 bits per heavy atom. The quantitative estimate of drug-likeness (QED) is 0.213. The Balaban J connectivity index is -0.0000000807. The van der Waals surface area contributed by atoms with E-state index in [1.807, 2.05) is 0 Å². The van der Waals surface area contributed by atoms with E-state index in [0.717, 1.165) is 0 Å². The van der Waals surface area contributed by atoms with Crippen molar-refractivity contribution in [3.8, 4) is 0 Å². The Morgan fingerprint density at radius 3 is 0.611 bits per heavy atom. The molecule has 3 atom stereocenters. The van der Waals surface area contributed by atoms with Crippen molar-refractivity contribution in [1.29, 1.82) is 0 Å². The van der Waals surface area contributed by atoms with Gasteiger partial charge in [-0.1, -0.05) is 20.8 Å². The van der Waals surface area contributed by atoms with Crippen LogP contribution in [0, 0.1) is 17.8 Å². The number of carboxylic acids is 3. The highest BCUT2D eigenvalue weighted by molar-refractivity contribution is 5.97. The fraction of sp³-hybridized carbons (Fsp3) is 0.750. The van der Waals surface area contributed by atoms with Gasteiger partial charge < -0.3 is 25.5 Å². The lowest BCUT2D eigenvalue weighted by atomic mass is 10.0. The van der Waals surface area contributed by atoms with Gasteiger partial charge in [0.15, 0.2) is 0 Å². The summed E-state index contributed by atoms with van der Waals surface area (Å²) in [6.07, 6.45) is 0.806. The standard InChI is InChI=1S/3C6H10O3.2C3H8O.Al/c3*1-3-5(4(2)7)6(8)9;2*1-3(2)4;/h3*5H,3H2,1-2H3,(H,8,9);2*3-4H,1-2H3;. The molecule has 0 aliphatic heterocycles. The number of rotatable bonds is 9. The van der Waals surface area contributed by atoms with Crippen LogP contribution in [-0.4, -0.2) is 90.4 Å². The fourth-order valence-corrected chi connectivity index (χ4v) is 1.91. The van der Waals surface area contributed by atoms with Crippen molar-refractivity contribution >= 4 is 52.6 Å². The van der Waals surface area contributed by atoms with Crippen LogP contribution < -0.4 is 0 Å². The van der Waals surface area contributed by atoms with Gasteiger partial charge in [-0.2, -0.15) is 0 Å². The number of carbonyl (C=O) groups excluding carboxylic acids is 3. The largest absolute Gasteiger partial charge is 0.481 e. The number of carbonyl (C=O) groups is 6. The summed E-state index contributed by atoms with van der Waals surface area (Å²) < 4.78 is 0. The zero-order valence-corrected chi connectivity index (χ0v) is 24.4. The second-order valence-corrected chi connectivity index (χ2v) is 7.92. The molecule has 0 spiro atoms. The summed E-state index contributed by atoms with van der Waals surface area (Å²) >= 11 is 0. The Hall–Kier alpha value is -2.13. The molecule has 5 N–H and O–H groups in total. The molecule has 0 aromatic carbocycles. The second-order valence-electron chi connectivity index (χ2n) is 7.92. The number of aliphatic hydroxyl groups is 2. The number of hydrogen-bond donors (Lipinski definition) is 5. The highest BCUT2D eigenvalue weighted by Gasteiger charge is 2.20. The van der Waals surface area contributed by atoms with Gasteiger partial charge in [0, 0.05) is 29.6 Å². The molecule has 211 valence electrons. The molecule has 0 amide bonds. The molecule has 0 fully saturated rings. The van der Waals surface area contributed by atoms with Crippen LogP contribution in [0.1, 0.15) is 88.5 Å². The van der Waals surface area contributed by atoms with Gasteiger partial charge in [-0.25, -0.2) is 0 Å². The summed E-state index contributed by atoms with van der Waals surface area (Å²) in [5.74, 6) is -6.29. The smallest absolute Gasteiger partial charge is 0.314 e. The van der Waals surface area contributed by atoms with Crippen molar-refractivity contribution in [2.75, 3.05) is 0 Å². The van der Waals surface area contributed by atoms with Crippen molar-refractivity contribution in [2.45, 2.75) is 101 Å². The van der Waals surface area contributed by atoms with Gasteiger partial charge in [0.2, 0.25) is 0 Å². The van der Waals surface area contributed by atoms with Gasteiger partial charge in [0.1, 0.15) is 35.1 Å². The lowest BCUT2D eigenvalue weighted by Crippen LogP contribution is -2.19. The monoisotopic (exact) mass is 537 g/mol. The van der Waals surface area contributed by atoms with Gasteiger partial charge in [0.25, 0.3) is 0 Å². The van der Waals surface area contributed by atoms with Crippen molar-refractivity contribution in [2.24, 2.45) is 17.8 Å². The Kier molecular flexibility index (Phi) is 38.1. The van der Waals surface area contributed by atoms with E-state index in [0.29, 0.717) is 19.3 Å². The van der Waals surface area contributed by atoms with Gasteiger partial charge in [-0.15, -0.1) is 0 Å². The molecule has 0 aliphatic rings. The van der Waals surface area contributed by atoms with Crippen LogP contribution >= 0.6 is 0 Å². The Bertz CT molecular complexity index is 502. The molecule has 0 bridgehead atoms. The summed E-state index contributed by atoms with van der Waals surface area (Å²) in [6, 6.07) is 0. The first-order chi connectivity index (χ1) is 15.7. The number of Topliss-reactive ketones (excluding diaryl/α,β-unsaturated/α-hetero) is 3. The van der Waals surface area contributed by atoms with E-state index in [2.05, 4.69) is 0 Å². The van der Waals surface area contributed by atoms with E-state index < -0.39 is 35.7 Å². The third kappa shape index (κ3) is 39.1. The van der Waals surface area contributed by atoms with Gasteiger partial charge in [-0.05, 0) is 67.7 Å². The normalized spacial score (nSPS) is 11.5. The first kappa shape index (κ1) is 47.1. The Morgan fingerprint density at radius 1 is 0.500 bits per heavy atom. The Labute approximate surface area is 225 Å². The maximum Gasteiger partial charge on any atom is 0.314 e. The molecule has 11 nitrogen and oxygen atoms in total. The minimum atomic E-state index is -1.02. The van der Waals surface area contributed by atoms with E-state index in [1.165, 1.54) is 20.8 Å². The van der Waals surface area contributed by atoms with E-state index in [-0.39, 0.29) is 46.9 Å². The second kappa shape index (κ2) is 29.1. The van der Waals surface area contributed by atoms with Crippen LogP contribution in [0.5, 0.6) is 0 Å². The van der Waals surface area contributed by atoms with Crippen molar-refractivity contribution in [1.82, 2.24) is 0 Å². The molecule has 0 heterocycles. The topological polar surface area (TPSA) is 204 Å². The van der Waals surface area contributed by atoms with Crippen molar-refractivity contribution in [3.63, 3.8) is 0 Å². The molecule has 36 heavy (non-hydrogen) atoms. The van der Waals surface area contributed by atoms with E-state index in [9.17, 15) is 28.8 Å². The van der Waals surface area contributed by atoms with Crippen molar-refractivity contribution < 1.29 is 54.3 Å². The lowest BCUT2D eigenvalue weighted by molar-refractivity contribution is -0.147. The maximum absolute atomic E-state index is 10.4. The third-order valence-electron chi connectivity index (χ3n) is 3.59. The number of aliphatic carboxylic acids is 3. The minimum Gasteiger partial charge on any atom is -0.481 e. The fourth-order valence-electron chi connectivity index (χ4n) is 1.91. The van der Waals surface area contributed by atoms with Gasteiger partial charge in [0.05, 0.1) is 0 Å². The molecule has 0 aromatic heterocycles. The minimum absolute atomic E-state index is 0. The zero-order valence-electron chi connectivity index (χ0n) is 23.3. The number of carboxylic acid groups (broad SMARTS) is 3. The molecular weight excluding hydrogens is 491 g/mol. The van der Waals surface area contributed by atoms with E-state index >= 15 is 0 Å². The van der Waals surface area contributed by atoms with Crippen LogP contribution in [0.3, 0.4) is 0 Å². The van der Waals surface area contributed by atoms with Gasteiger partial charge >= 0.3 is 17.9 Å². The lowest BCUT2D eigenvalue weighted by Gasteiger charge is -2.01. The summed E-state index contributed by atoms with van der Waals surface area (Å²) in [4.78, 5) is 61.8. The summed E-state index contributed by atoms with van der Waals surface area (Å²) in [5.41, 5.74) is 0. The SMILES string of the molecule is CC(C)O.CC(C)O.CCC(C(C)=O)C(=O)O.CCC(C(C)=O)C(=O)O.CCC(C(C)=O)C(=O)O.[Al]. The first-order valence-corrected chi connectivity index (χ1v) is 11.3. The number of aliphatic hydroxyl groups excluding tert-OH is 2. The maximum atomic E-state index is 10.4. The van der Waals surface area contributed by atoms with E-state index in [1.54, 1.807) is 48.5 Å². The molecule has 0 aliphatic carbocycles. The molecule has 12 heteroatoms. The van der Waals surface area contributed by atoms with Crippen LogP contribution in [0.15, 0.2) is 0 Å². The first-order valence-electron chi connectivity index (χ1n) is 11.3. The predicted molar refractivity (Wildman–Crippen MR) is 137 cm³/mol. The summed E-state index contributed by atoms with van der Waals surface area (Å²) in [6.45, 7) is 15.8. The van der Waals surface area contributed by atoms with Crippen LogP contribution in [0.4, 0.5) is 0 Å². The average molecular weight is 538 g/mol. The number of hydrogen-bond acceptors (Lipinski definition) is 8. The van der Waals surface area contributed by atoms with Crippen LogP contribution in [0.25, 0.3) is 0 Å². The molecule has 3 unspecified atom stereocenters. The van der Waals surface area contributed by atoms with Crippen LogP contribution in [0.2, 0.25) is 0 Å². The highest BCUT2D eigenvalue weighted by atomic mass is 27.0. The summed E-state index contributed by atoms with van der Waals surface area (Å²) in [5, 5.41) is 41.1. The molecule has 3 radical (unpaired) electrons. The number of ketones is 3. The average Bonchev–Trinajstić information content (AvgIpc) is 2.61. The molecule has 0 saturated carbocycles. The van der Waals surface area contributed by atoms with E-state index in [4.69, 9.17) is 25.5 Å². The van der Waals surface area contributed by atoms with Crippen molar-refractivity contribution in [3.05, 3.63) is 0 Å². The molecular formula is C24H46AlO11. The molecule has 0 rings (SSSR count). The zero-order chi connectivity index (χ0) is 29.5. The highest BCUT2D eigenvalue weighted by Crippen LogP contribution is 2.03. The predicted octanol–water partition coefficient (Wildman–Crippen LogP) is 2.45. The van der Waals surface area contributed by atoms with Crippen LogP contribution in [-0.2, 0) is 28.8 Å². The molecule has 0 aromatic rings. The van der Waals surface area contributed by atoms with Gasteiger partial charge in [-0.3, -0.25) is 28.8 Å². The molecule has 0 saturated heterocycles. The summed E-state index contributed by atoms with van der Waals surface area (Å²) in [7, 11) is 0. The third-order valence-corrected chi connectivity index (χ3v) is 3.59.